The molecule has 88 valence electrons. The van der Waals surface area contributed by atoms with Gasteiger partial charge in [0.15, 0.2) is 10.7 Å². The fourth-order valence-electron chi connectivity index (χ4n) is 1.05. The average molecular weight is 244 g/mol. The van der Waals surface area contributed by atoms with Crippen molar-refractivity contribution in [2.75, 3.05) is 6.61 Å². The maximum absolute atomic E-state index is 12.2. The van der Waals surface area contributed by atoms with E-state index in [4.69, 9.17) is 4.74 Å². The van der Waals surface area contributed by atoms with E-state index in [1.54, 1.807) is 12.1 Å². The minimum absolute atomic E-state index is 0.176. The highest BCUT2D eigenvalue weighted by Crippen LogP contribution is 2.14. The number of hydrogen-bond acceptors (Lipinski definition) is 3. The van der Waals surface area contributed by atoms with Crippen molar-refractivity contribution in [3.05, 3.63) is 36.2 Å². The van der Waals surface area contributed by atoms with Crippen molar-refractivity contribution >= 4 is 10.7 Å². The Morgan fingerprint density at radius 1 is 1.38 bits per heavy atom. The van der Waals surface area contributed by atoms with E-state index in [-0.39, 0.29) is 11.5 Å². The van der Waals surface area contributed by atoms with Gasteiger partial charge in [0.1, 0.15) is 12.4 Å². The molecule has 0 aromatic heterocycles. The number of thiol groups is 1. The van der Waals surface area contributed by atoms with Crippen LogP contribution in [-0.4, -0.2) is 15.0 Å². The number of rotatable bonds is 5. The Morgan fingerprint density at radius 2 is 2.00 bits per heavy atom. The van der Waals surface area contributed by atoms with E-state index in [2.05, 4.69) is 0 Å². The Kier molecular flexibility index (Phi) is 4.98. The van der Waals surface area contributed by atoms with Crippen LogP contribution in [0, 0.1) is 0 Å². The lowest BCUT2D eigenvalue weighted by Gasteiger charge is -2.06. The van der Waals surface area contributed by atoms with Gasteiger partial charge in [0.05, 0.1) is 11.2 Å². The van der Waals surface area contributed by atoms with E-state index in [0.29, 0.717) is 24.1 Å². The minimum atomic E-state index is -2.56. The number of hydrogen-bond donors (Lipinski definition) is 1. The van der Waals surface area contributed by atoms with Gasteiger partial charge in [0.25, 0.3) is 0 Å². The first-order valence-corrected chi connectivity index (χ1v) is 6.00. The second kappa shape index (κ2) is 6.27. The molecular formula is C11H13FO3S. The molecule has 0 fully saturated rings. The van der Waals surface area contributed by atoms with Gasteiger partial charge in [-0.05, 0) is 36.3 Å². The number of ether oxygens (including phenoxy) is 1. The van der Waals surface area contributed by atoms with Gasteiger partial charge in [0, 0.05) is 0 Å². The van der Waals surface area contributed by atoms with Crippen LogP contribution in [0.25, 0.3) is 0 Å². The fourth-order valence-corrected chi connectivity index (χ4v) is 1.44. The predicted octanol–water partition coefficient (Wildman–Crippen LogP) is 2.30. The summed E-state index contributed by atoms with van der Waals surface area (Å²) in [5.74, 6) is 0.522. The summed E-state index contributed by atoms with van der Waals surface area (Å²) in [7, 11) is -2.56. The van der Waals surface area contributed by atoms with E-state index in [1.807, 2.05) is 6.92 Å². The van der Waals surface area contributed by atoms with Crippen LogP contribution in [0.1, 0.15) is 13.3 Å². The molecule has 3 nitrogen and oxygen atoms in total. The molecule has 1 aromatic carbocycles. The Morgan fingerprint density at radius 3 is 2.44 bits per heavy atom. The zero-order chi connectivity index (χ0) is 12.0. The van der Waals surface area contributed by atoms with Crippen LogP contribution in [-0.2, 0) is 10.7 Å². The first-order chi connectivity index (χ1) is 7.67. The minimum Gasteiger partial charge on any atom is -0.489 e. The van der Waals surface area contributed by atoms with Crippen LogP contribution >= 0.6 is 0 Å². The zero-order valence-corrected chi connectivity index (χ0v) is 9.75. The summed E-state index contributed by atoms with van der Waals surface area (Å²) in [5.41, 5.74) is 0.555. The fraction of sp³-hybridized carbons (Fsp3) is 0.273. The maximum Gasteiger partial charge on any atom is 0.168 e. The van der Waals surface area contributed by atoms with Gasteiger partial charge in [-0.15, -0.1) is 0 Å². The van der Waals surface area contributed by atoms with Gasteiger partial charge in [-0.2, -0.15) is 0 Å². The maximum atomic E-state index is 12.2. The predicted molar refractivity (Wildman–Crippen MR) is 60.0 cm³/mol. The van der Waals surface area contributed by atoms with Crippen molar-refractivity contribution in [2.24, 2.45) is 0 Å². The Bertz CT molecular complexity index is 427. The molecule has 0 atom stereocenters. The summed E-state index contributed by atoms with van der Waals surface area (Å²) in [6.45, 7) is 2.01. The molecule has 0 saturated carbocycles. The van der Waals surface area contributed by atoms with E-state index in [9.17, 15) is 12.8 Å². The lowest BCUT2D eigenvalue weighted by atomic mass is 10.2. The SMILES string of the molecule is CC/C(=C\F)COc1ccc([SH](=O)=O)cc1. The molecular weight excluding hydrogens is 231 g/mol. The van der Waals surface area contributed by atoms with E-state index < -0.39 is 10.7 Å². The third-order valence-corrected chi connectivity index (χ3v) is 2.80. The second-order valence-electron chi connectivity index (χ2n) is 3.16. The zero-order valence-electron chi connectivity index (χ0n) is 8.85. The third-order valence-electron chi connectivity index (χ3n) is 2.08. The average Bonchev–Trinajstić information content (AvgIpc) is 2.31. The molecule has 16 heavy (non-hydrogen) atoms. The molecule has 0 N–H and O–H groups in total. The number of halogens is 1. The summed E-state index contributed by atoms with van der Waals surface area (Å²) in [4.78, 5) is 0.235. The normalized spacial score (nSPS) is 11.8. The van der Waals surface area contributed by atoms with Gasteiger partial charge in [-0.3, -0.25) is 0 Å². The smallest absolute Gasteiger partial charge is 0.168 e. The van der Waals surface area contributed by atoms with Crippen LogP contribution in [0.5, 0.6) is 5.75 Å². The Balaban J connectivity index is 2.62. The van der Waals surface area contributed by atoms with Crippen LogP contribution in [0.4, 0.5) is 4.39 Å². The first-order valence-electron chi connectivity index (χ1n) is 4.82. The summed E-state index contributed by atoms with van der Waals surface area (Å²) >= 11 is 0. The highest BCUT2D eigenvalue weighted by Gasteiger charge is 1.99. The standard InChI is InChI=1S/C11H13FO3S/c1-2-9(7-12)8-15-10-3-5-11(6-4-10)16(13)14/h3-7,16H,2,8H2,1H3/b9-7+. The van der Waals surface area contributed by atoms with Crippen molar-refractivity contribution in [1.82, 2.24) is 0 Å². The molecule has 0 aliphatic carbocycles. The third kappa shape index (κ3) is 3.66. The van der Waals surface area contributed by atoms with E-state index >= 15 is 0 Å². The summed E-state index contributed by atoms with van der Waals surface area (Å²) in [6, 6.07) is 6.00. The van der Waals surface area contributed by atoms with Crippen LogP contribution in [0.3, 0.4) is 0 Å². The van der Waals surface area contributed by atoms with Gasteiger partial charge in [0.2, 0.25) is 0 Å². The molecule has 0 unspecified atom stereocenters. The molecule has 1 rings (SSSR count). The molecule has 0 spiro atoms. The van der Waals surface area contributed by atoms with Crippen molar-refractivity contribution in [3.8, 4) is 5.75 Å². The second-order valence-corrected chi connectivity index (χ2v) is 4.19. The van der Waals surface area contributed by atoms with E-state index in [0.717, 1.165) is 0 Å². The molecule has 0 radical (unpaired) electrons. The molecule has 0 aliphatic heterocycles. The molecule has 0 amide bonds. The summed E-state index contributed by atoms with van der Waals surface area (Å²) in [5, 5.41) is 0. The van der Waals surface area contributed by atoms with Crippen LogP contribution < -0.4 is 4.74 Å². The van der Waals surface area contributed by atoms with Gasteiger partial charge >= 0.3 is 0 Å². The van der Waals surface area contributed by atoms with Crippen LogP contribution in [0.15, 0.2) is 41.1 Å². The van der Waals surface area contributed by atoms with Gasteiger partial charge in [-0.1, -0.05) is 6.92 Å². The van der Waals surface area contributed by atoms with Crippen molar-refractivity contribution in [3.63, 3.8) is 0 Å². The monoisotopic (exact) mass is 244 g/mol. The topological polar surface area (TPSA) is 43.4 Å². The quantitative estimate of drug-likeness (QED) is 0.808. The van der Waals surface area contributed by atoms with Gasteiger partial charge < -0.3 is 4.74 Å². The lowest BCUT2D eigenvalue weighted by Crippen LogP contribution is -2.00. The molecule has 0 saturated heterocycles. The molecule has 5 heteroatoms. The van der Waals surface area contributed by atoms with Crippen molar-refractivity contribution < 1.29 is 17.5 Å². The Hall–Kier alpha value is -1.36. The first kappa shape index (κ1) is 12.7. The highest BCUT2D eigenvalue weighted by molar-refractivity contribution is 7.72. The molecule has 0 bridgehead atoms. The highest BCUT2D eigenvalue weighted by atomic mass is 32.2. The van der Waals surface area contributed by atoms with Crippen LogP contribution in [0.2, 0.25) is 0 Å². The van der Waals surface area contributed by atoms with Crippen molar-refractivity contribution in [1.29, 1.82) is 0 Å². The van der Waals surface area contributed by atoms with Crippen molar-refractivity contribution in [2.45, 2.75) is 18.2 Å². The summed E-state index contributed by atoms with van der Waals surface area (Å²) < 4.78 is 38.7. The largest absolute Gasteiger partial charge is 0.489 e. The molecule has 0 heterocycles. The molecule has 1 aromatic rings. The number of benzene rings is 1. The molecule has 0 aliphatic rings. The van der Waals surface area contributed by atoms with Gasteiger partial charge in [-0.25, -0.2) is 12.8 Å². The van der Waals surface area contributed by atoms with E-state index in [1.165, 1.54) is 12.1 Å². The lowest BCUT2D eigenvalue weighted by molar-refractivity contribution is 0.345. The Labute approximate surface area is 95.5 Å². The summed E-state index contributed by atoms with van der Waals surface area (Å²) in [6.07, 6.45) is 1.11.